The first-order valence-corrected chi connectivity index (χ1v) is 18.7. The number of hydrogen-bond donors (Lipinski definition) is 0. The van der Waals surface area contributed by atoms with Gasteiger partial charge in [-0.25, -0.2) is 0 Å². The van der Waals surface area contributed by atoms with Crippen molar-refractivity contribution in [2.24, 2.45) is 0 Å². The summed E-state index contributed by atoms with van der Waals surface area (Å²) in [6, 6.07) is 67.8. The second-order valence-corrected chi connectivity index (χ2v) is 15.2. The molecule has 10 aromatic rings. The molecule has 1 aliphatic rings. The zero-order valence-electron chi connectivity index (χ0n) is 29.8. The highest BCUT2D eigenvalue weighted by molar-refractivity contribution is 6.24. The molecule has 0 atom stereocenters. The molecule has 0 N–H and O–H groups in total. The molecule has 0 heteroatoms. The van der Waals surface area contributed by atoms with E-state index in [9.17, 15) is 0 Å². The molecule has 0 saturated heterocycles. The van der Waals surface area contributed by atoms with Crippen molar-refractivity contribution in [2.75, 3.05) is 0 Å². The molecule has 0 spiro atoms. The van der Waals surface area contributed by atoms with Crippen molar-refractivity contribution < 1.29 is 0 Å². The zero-order valence-corrected chi connectivity index (χ0v) is 29.8. The van der Waals surface area contributed by atoms with E-state index in [1.54, 1.807) is 0 Å². The van der Waals surface area contributed by atoms with Crippen LogP contribution in [0.25, 0.3) is 98.4 Å². The van der Waals surface area contributed by atoms with Crippen LogP contribution in [0.2, 0.25) is 0 Å². The fraction of sp³-hybridized carbons (Fsp3) is 0.0566. The average Bonchev–Trinajstić information content (AvgIpc) is 3.46. The SMILES string of the molecule is CC1(C)c2ccc(-c3cc(-c4c5ccccc5c(-c5ccccc5)c5ccccc45)c4ccccc4c3)cc2-c2c1c1ccccc1c1ccccc21. The fourth-order valence-electron chi connectivity index (χ4n) is 9.70. The molecule has 0 unspecified atom stereocenters. The van der Waals surface area contributed by atoms with Crippen LogP contribution in [-0.2, 0) is 5.41 Å². The molecule has 0 nitrogen and oxygen atoms in total. The van der Waals surface area contributed by atoms with Gasteiger partial charge in [0.1, 0.15) is 0 Å². The fourth-order valence-corrected chi connectivity index (χ4v) is 9.70. The van der Waals surface area contributed by atoms with Gasteiger partial charge < -0.3 is 0 Å². The van der Waals surface area contributed by atoms with Crippen LogP contribution in [0, 0.1) is 0 Å². The number of hydrogen-bond acceptors (Lipinski definition) is 0. The van der Waals surface area contributed by atoms with Gasteiger partial charge in [0.25, 0.3) is 0 Å². The van der Waals surface area contributed by atoms with Crippen molar-refractivity contribution >= 4 is 53.9 Å². The van der Waals surface area contributed by atoms with Crippen molar-refractivity contribution in [3.63, 3.8) is 0 Å². The maximum Gasteiger partial charge on any atom is 0.0165 e. The van der Waals surface area contributed by atoms with Gasteiger partial charge in [0.05, 0.1) is 0 Å². The van der Waals surface area contributed by atoms with Crippen LogP contribution in [0.3, 0.4) is 0 Å². The minimum Gasteiger partial charge on any atom is -0.0622 e. The lowest BCUT2D eigenvalue weighted by molar-refractivity contribution is 0.666. The Morgan fingerprint density at radius 1 is 0.302 bits per heavy atom. The van der Waals surface area contributed by atoms with Gasteiger partial charge in [-0.05, 0) is 128 Å². The van der Waals surface area contributed by atoms with Gasteiger partial charge >= 0.3 is 0 Å². The predicted molar refractivity (Wildman–Crippen MR) is 228 cm³/mol. The Bertz CT molecular complexity index is 3070. The topological polar surface area (TPSA) is 0 Å². The van der Waals surface area contributed by atoms with Crippen LogP contribution in [-0.4, -0.2) is 0 Å². The molecule has 10 aromatic carbocycles. The molecule has 0 fully saturated rings. The van der Waals surface area contributed by atoms with Crippen LogP contribution in [0.5, 0.6) is 0 Å². The Balaban J connectivity index is 1.20. The van der Waals surface area contributed by atoms with E-state index in [0.717, 1.165) is 0 Å². The maximum absolute atomic E-state index is 2.48. The summed E-state index contributed by atoms with van der Waals surface area (Å²) < 4.78 is 0. The van der Waals surface area contributed by atoms with Gasteiger partial charge in [0.15, 0.2) is 0 Å². The van der Waals surface area contributed by atoms with Gasteiger partial charge in [-0.3, -0.25) is 0 Å². The smallest absolute Gasteiger partial charge is 0.0165 e. The van der Waals surface area contributed by atoms with E-state index in [-0.39, 0.29) is 5.41 Å². The lowest BCUT2D eigenvalue weighted by atomic mass is 9.79. The summed E-state index contributed by atoms with van der Waals surface area (Å²) in [5, 5.41) is 13.0. The van der Waals surface area contributed by atoms with Gasteiger partial charge in [0, 0.05) is 5.41 Å². The molecule has 0 saturated carbocycles. The zero-order chi connectivity index (χ0) is 35.3. The summed E-state index contributed by atoms with van der Waals surface area (Å²) in [4.78, 5) is 0. The second-order valence-electron chi connectivity index (χ2n) is 15.2. The Hall–Kier alpha value is -6.50. The maximum atomic E-state index is 2.48. The monoisotopic (exact) mass is 672 g/mol. The summed E-state index contributed by atoms with van der Waals surface area (Å²) in [6.07, 6.45) is 0. The van der Waals surface area contributed by atoms with E-state index >= 15 is 0 Å². The van der Waals surface area contributed by atoms with Crippen LogP contribution in [0.15, 0.2) is 182 Å². The number of rotatable bonds is 3. The summed E-state index contributed by atoms with van der Waals surface area (Å²) in [6.45, 7) is 4.81. The van der Waals surface area contributed by atoms with Crippen molar-refractivity contribution in [3.8, 4) is 44.5 Å². The molecule has 1 aliphatic carbocycles. The highest BCUT2D eigenvalue weighted by atomic mass is 14.4. The molecule has 0 aliphatic heterocycles. The van der Waals surface area contributed by atoms with E-state index in [4.69, 9.17) is 0 Å². The second kappa shape index (κ2) is 11.2. The van der Waals surface area contributed by atoms with Crippen LogP contribution >= 0.6 is 0 Å². The van der Waals surface area contributed by atoms with Gasteiger partial charge in [-0.15, -0.1) is 0 Å². The van der Waals surface area contributed by atoms with E-state index in [1.165, 1.54) is 109 Å². The highest BCUT2D eigenvalue weighted by Crippen LogP contribution is 2.55. The number of fused-ring (bicyclic) bond motifs is 11. The molecule has 53 heavy (non-hydrogen) atoms. The van der Waals surface area contributed by atoms with Crippen molar-refractivity contribution in [1.29, 1.82) is 0 Å². The average molecular weight is 673 g/mol. The third-order valence-corrected chi connectivity index (χ3v) is 12.0. The van der Waals surface area contributed by atoms with E-state index < -0.39 is 0 Å². The molecule has 0 aromatic heterocycles. The minimum atomic E-state index is -0.125. The van der Waals surface area contributed by atoms with E-state index in [2.05, 4.69) is 196 Å². The third kappa shape index (κ3) is 4.30. The highest BCUT2D eigenvalue weighted by Gasteiger charge is 2.38. The predicted octanol–water partition coefficient (Wildman–Crippen LogP) is 14.8. The van der Waals surface area contributed by atoms with Gasteiger partial charge in [-0.2, -0.15) is 0 Å². The Morgan fingerprint density at radius 2 is 0.774 bits per heavy atom. The van der Waals surface area contributed by atoms with Gasteiger partial charge in [0.2, 0.25) is 0 Å². The third-order valence-electron chi connectivity index (χ3n) is 12.0. The summed E-state index contributed by atoms with van der Waals surface area (Å²) >= 11 is 0. The number of benzene rings is 10. The van der Waals surface area contributed by atoms with Crippen LogP contribution < -0.4 is 0 Å². The van der Waals surface area contributed by atoms with Gasteiger partial charge in [-0.1, -0.05) is 178 Å². The molecular formula is C53H36. The minimum absolute atomic E-state index is 0.125. The molecule has 0 heterocycles. The molecule has 0 amide bonds. The van der Waals surface area contributed by atoms with Crippen molar-refractivity contribution in [1.82, 2.24) is 0 Å². The standard InChI is InChI=1S/C53H36/c1-53(2)48-29-28-34(31-47(48)51-40-22-10-8-20-38(40)39-21-9-15-27-45(39)52(51)53)36-30-35-18-6-7-19-37(35)46(32-36)50-43-25-13-11-23-41(43)49(33-16-4-3-5-17-33)42-24-12-14-26-44(42)50/h3-32H,1-2H3. The normalized spacial score (nSPS) is 13.2. The lowest BCUT2D eigenvalue weighted by Crippen LogP contribution is -2.15. The quantitative estimate of drug-likeness (QED) is 0.129. The van der Waals surface area contributed by atoms with Crippen LogP contribution in [0.4, 0.5) is 0 Å². The van der Waals surface area contributed by atoms with E-state index in [1.807, 2.05) is 0 Å². The summed E-state index contributed by atoms with van der Waals surface area (Å²) in [5.41, 5.74) is 13.0. The first-order chi connectivity index (χ1) is 26.1. The molecule has 248 valence electrons. The first-order valence-electron chi connectivity index (χ1n) is 18.7. The summed E-state index contributed by atoms with van der Waals surface area (Å²) in [5.74, 6) is 0. The molecule has 0 bridgehead atoms. The molecule has 0 radical (unpaired) electrons. The summed E-state index contributed by atoms with van der Waals surface area (Å²) in [7, 11) is 0. The molecular weight excluding hydrogens is 637 g/mol. The largest absolute Gasteiger partial charge is 0.0622 e. The Kier molecular flexibility index (Phi) is 6.40. The lowest BCUT2D eigenvalue weighted by Gasteiger charge is -2.24. The van der Waals surface area contributed by atoms with Crippen LogP contribution in [0.1, 0.15) is 25.0 Å². The first kappa shape index (κ1) is 30.2. The van der Waals surface area contributed by atoms with Crippen molar-refractivity contribution in [3.05, 3.63) is 193 Å². The Labute approximate surface area is 309 Å². The molecule has 11 rings (SSSR count). The Morgan fingerprint density at radius 3 is 1.42 bits per heavy atom. The van der Waals surface area contributed by atoms with E-state index in [0.29, 0.717) is 0 Å². The van der Waals surface area contributed by atoms with Crippen molar-refractivity contribution in [2.45, 2.75) is 19.3 Å².